The molecule has 0 radical (unpaired) electrons. The molecule has 0 saturated carbocycles. The van der Waals surface area contributed by atoms with Crippen LogP contribution in [0.3, 0.4) is 0 Å². The van der Waals surface area contributed by atoms with E-state index < -0.39 is 0 Å². The van der Waals surface area contributed by atoms with Crippen LogP contribution >= 0.6 is 0 Å². The standard InChI is InChI=1S/C14H11N3O/c1-2-5-13(6-3-1)18-14-11-12(7-9-15-14)17-10-4-8-16-17/h1-11H. The van der Waals surface area contributed by atoms with Crippen LogP contribution in [0.4, 0.5) is 0 Å². The molecule has 3 aromatic rings. The lowest BCUT2D eigenvalue weighted by atomic mass is 10.3. The Labute approximate surface area is 104 Å². The molecule has 0 fully saturated rings. The zero-order chi connectivity index (χ0) is 12.2. The zero-order valence-corrected chi connectivity index (χ0v) is 9.60. The molecule has 3 rings (SSSR count). The van der Waals surface area contributed by atoms with Crippen molar-refractivity contribution in [3.05, 3.63) is 67.1 Å². The maximum atomic E-state index is 5.66. The molecule has 0 atom stereocenters. The Balaban J connectivity index is 1.88. The number of para-hydroxylation sites is 1. The Morgan fingerprint density at radius 2 is 1.83 bits per heavy atom. The summed E-state index contributed by atoms with van der Waals surface area (Å²) < 4.78 is 7.43. The van der Waals surface area contributed by atoms with Crippen LogP contribution in [0.25, 0.3) is 5.69 Å². The highest BCUT2D eigenvalue weighted by Gasteiger charge is 2.01. The molecule has 2 heterocycles. The van der Waals surface area contributed by atoms with E-state index in [9.17, 15) is 0 Å². The molecule has 4 nitrogen and oxygen atoms in total. The average Bonchev–Trinajstić information content (AvgIpc) is 2.94. The monoisotopic (exact) mass is 237 g/mol. The van der Waals surface area contributed by atoms with E-state index in [-0.39, 0.29) is 0 Å². The Kier molecular flexibility index (Phi) is 2.75. The highest BCUT2D eigenvalue weighted by Crippen LogP contribution is 2.20. The summed E-state index contributed by atoms with van der Waals surface area (Å²) in [5, 5.41) is 4.17. The lowest BCUT2D eigenvalue weighted by molar-refractivity contribution is 0.462. The molecule has 0 aliphatic carbocycles. The van der Waals surface area contributed by atoms with Crippen LogP contribution in [0.15, 0.2) is 67.1 Å². The van der Waals surface area contributed by atoms with Crippen LogP contribution in [0.5, 0.6) is 11.6 Å². The van der Waals surface area contributed by atoms with Gasteiger partial charge >= 0.3 is 0 Å². The third kappa shape index (κ3) is 2.22. The van der Waals surface area contributed by atoms with Crippen molar-refractivity contribution in [2.75, 3.05) is 0 Å². The van der Waals surface area contributed by atoms with Crippen molar-refractivity contribution in [2.24, 2.45) is 0 Å². The molecule has 18 heavy (non-hydrogen) atoms. The summed E-state index contributed by atoms with van der Waals surface area (Å²) in [6.45, 7) is 0. The van der Waals surface area contributed by atoms with Gasteiger partial charge in [-0.15, -0.1) is 0 Å². The van der Waals surface area contributed by atoms with Crippen molar-refractivity contribution < 1.29 is 4.74 Å². The summed E-state index contributed by atoms with van der Waals surface area (Å²) >= 11 is 0. The summed E-state index contributed by atoms with van der Waals surface area (Å²) in [6, 6.07) is 15.2. The number of pyridine rings is 1. The van der Waals surface area contributed by atoms with E-state index in [4.69, 9.17) is 4.74 Å². The number of aromatic nitrogens is 3. The molecule has 1 aromatic carbocycles. The Hall–Kier alpha value is -2.62. The normalized spacial score (nSPS) is 10.2. The number of hydrogen-bond donors (Lipinski definition) is 0. The molecular weight excluding hydrogens is 226 g/mol. The van der Waals surface area contributed by atoms with Crippen LogP contribution in [-0.2, 0) is 0 Å². The number of ether oxygens (including phenoxy) is 1. The molecule has 0 amide bonds. The van der Waals surface area contributed by atoms with Gasteiger partial charge in [0.15, 0.2) is 0 Å². The topological polar surface area (TPSA) is 39.9 Å². The second-order valence-corrected chi connectivity index (χ2v) is 3.72. The summed E-state index contributed by atoms with van der Waals surface area (Å²) in [6.07, 6.45) is 5.31. The van der Waals surface area contributed by atoms with Crippen molar-refractivity contribution in [2.45, 2.75) is 0 Å². The second kappa shape index (κ2) is 4.71. The Morgan fingerprint density at radius 1 is 0.944 bits per heavy atom. The molecule has 0 unspecified atom stereocenters. The zero-order valence-electron chi connectivity index (χ0n) is 9.60. The fourth-order valence-electron chi connectivity index (χ4n) is 1.63. The lowest BCUT2D eigenvalue weighted by Crippen LogP contribution is -1.96. The largest absolute Gasteiger partial charge is 0.439 e. The van der Waals surface area contributed by atoms with Crippen LogP contribution in [0, 0.1) is 0 Å². The number of nitrogens with zero attached hydrogens (tertiary/aromatic N) is 3. The summed E-state index contributed by atoms with van der Waals surface area (Å²) in [4.78, 5) is 4.18. The minimum absolute atomic E-state index is 0.550. The van der Waals surface area contributed by atoms with Gasteiger partial charge in [0.1, 0.15) is 5.75 Å². The van der Waals surface area contributed by atoms with Gasteiger partial charge < -0.3 is 4.74 Å². The summed E-state index contributed by atoms with van der Waals surface area (Å²) in [7, 11) is 0. The van der Waals surface area contributed by atoms with Gasteiger partial charge in [0.25, 0.3) is 0 Å². The molecule has 4 heteroatoms. The van der Waals surface area contributed by atoms with Crippen molar-refractivity contribution >= 4 is 0 Å². The molecule has 2 aromatic heterocycles. The van der Waals surface area contributed by atoms with Crippen molar-refractivity contribution in [1.82, 2.24) is 14.8 Å². The average molecular weight is 237 g/mol. The van der Waals surface area contributed by atoms with E-state index in [1.807, 2.05) is 54.7 Å². The third-order valence-corrected chi connectivity index (χ3v) is 2.45. The highest BCUT2D eigenvalue weighted by atomic mass is 16.5. The first kappa shape index (κ1) is 10.5. The fourth-order valence-corrected chi connectivity index (χ4v) is 1.63. The summed E-state index contributed by atoms with van der Waals surface area (Å²) in [5.74, 6) is 1.32. The Bertz CT molecular complexity index is 621. The van der Waals surface area contributed by atoms with Crippen molar-refractivity contribution in [3.63, 3.8) is 0 Å². The summed E-state index contributed by atoms with van der Waals surface area (Å²) in [5.41, 5.74) is 0.918. The van der Waals surface area contributed by atoms with Gasteiger partial charge in [-0.3, -0.25) is 0 Å². The van der Waals surface area contributed by atoms with E-state index in [0.717, 1.165) is 11.4 Å². The fraction of sp³-hybridized carbons (Fsp3) is 0. The van der Waals surface area contributed by atoms with Crippen molar-refractivity contribution in [3.8, 4) is 17.3 Å². The minimum Gasteiger partial charge on any atom is -0.439 e. The predicted molar refractivity (Wildman–Crippen MR) is 67.9 cm³/mol. The molecular formula is C14H11N3O. The quantitative estimate of drug-likeness (QED) is 0.702. The smallest absolute Gasteiger partial charge is 0.221 e. The first-order valence-corrected chi connectivity index (χ1v) is 5.61. The third-order valence-electron chi connectivity index (χ3n) is 2.45. The Morgan fingerprint density at radius 3 is 2.61 bits per heavy atom. The van der Waals surface area contributed by atoms with Crippen molar-refractivity contribution in [1.29, 1.82) is 0 Å². The van der Waals surface area contributed by atoms with E-state index in [1.165, 1.54) is 0 Å². The minimum atomic E-state index is 0.550. The SMILES string of the molecule is c1ccc(Oc2cc(-n3cccn3)ccn2)cc1. The molecule has 0 bridgehead atoms. The first-order chi connectivity index (χ1) is 8.92. The number of hydrogen-bond acceptors (Lipinski definition) is 3. The predicted octanol–water partition coefficient (Wildman–Crippen LogP) is 3.06. The van der Waals surface area contributed by atoms with Gasteiger partial charge in [0.2, 0.25) is 5.88 Å². The van der Waals surface area contributed by atoms with Crippen LogP contribution in [0.1, 0.15) is 0 Å². The molecule has 0 aliphatic heterocycles. The van der Waals surface area contributed by atoms with Crippen LogP contribution < -0.4 is 4.74 Å². The highest BCUT2D eigenvalue weighted by molar-refractivity contribution is 5.35. The second-order valence-electron chi connectivity index (χ2n) is 3.72. The number of rotatable bonds is 3. The van der Waals surface area contributed by atoms with E-state index in [2.05, 4.69) is 10.1 Å². The van der Waals surface area contributed by atoms with E-state index >= 15 is 0 Å². The molecule has 0 N–H and O–H groups in total. The maximum Gasteiger partial charge on any atom is 0.221 e. The number of benzene rings is 1. The molecule has 0 aliphatic rings. The van der Waals surface area contributed by atoms with Gasteiger partial charge in [0.05, 0.1) is 5.69 Å². The molecule has 0 saturated heterocycles. The maximum absolute atomic E-state index is 5.66. The van der Waals surface area contributed by atoms with E-state index in [0.29, 0.717) is 5.88 Å². The van der Waals surface area contributed by atoms with Gasteiger partial charge in [-0.1, -0.05) is 18.2 Å². The molecule has 88 valence electrons. The first-order valence-electron chi connectivity index (χ1n) is 5.61. The van der Waals surface area contributed by atoms with Gasteiger partial charge in [0, 0.05) is 24.7 Å². The van der Waals surface area contributed by atoms with Crippen LogP contribution in [0.2, 0.25) is 0 Å². The van der Waals surface area contributed by atoms with Gasteiger partial charge in [-0.05, 0) is 24.3 Å². The van der Waals surface area contributed by atoms with Crippen LogP contribution in [-0.4, -0.2) is 14.8 Å². The van der Waals surface area contributed by atoms with E-state index in [1.54, 1.807) is 17.1 Å². The molecule has 0 spiro atoms. The van der Waals surface area contributed by atoms with Gasteiger partial charge in [-0.2, -0.15) is 5.10 Å². The van der Waals surface area contributed by atoms with Gasteiger partial charge in [-0.25, -0.2) is 9.67 Å². The lowest BCUT2D eigenvalue weighted by Gasteiger charge is -2.06.